The van der Waals surface area contributed by atoms with E-state index in [1.54, 1.807) is 0 Å². The third kappa shape index (κ3) is 4.47. The van der Waals surface area contributed by atoms with Crippen LogP contribution in [0.4, 0.5) is 0 Å². The molecule has 1 nitrogen and oxygen atoms in total. The van der Waals surface area contributed by atoms with Gasteiger partial charge in [0.05, 0.1) is 0 Å². The van der Waals surface area contributed by atoms with Gasteiger partial charge in [-0.1, -0.05) is 0 Å². The second kappa shape index (κ2) is 2.69. The molecule has 0 aliphatic heterocycles. The number of rotatable bonds is 0. The van der Waals surface area contributed by atoms with Crippen molar-refractivity contribution in [2.75, 3.05) is 0 Å². The summed E-state index contributed by atoms with van der Waals surface area (Å²) in [5.41, 5.74) is 5.17. The molecule has 0 amide bonds. The zero-order chi connectivity index (χ0) is 4.28. The van der Waals surface area contributed by atoms with Crippen LogP contribution in [-0.2, 0) is 0 Å². The maximum absolute atomic E-state index is 5.17. The molecule has 0 fully saturated rings. The monoisotopic (exact) mass is 183 g/mol. The van der Waals surface area contributed by atoms with E-state index in [1.165, 1.54) is 0 Å². The van der Waals surface area contributed by atoms with Crippen molar-refractivity contribution in [2.24, 2.45) is 5.73 Å². The van der Waals surface area contributed by atoms with Crippen LogP contribution >= 0.6 is 21.9 Å². The van der Waals surface area contributed by atoms with E-state index in [4.69, 9.17) is 5.73 Å². The molecule has 5 heavy (non-hydrogen) atoms. The van der Waals surface area contributed by atoms with Crippen LogP contribution in [0.2, 0.25) is 0 Å². The Balaban J connectivity index is 2.94. The molecule has 0 bridgehead atoms. The van der Waals surface area contributed by atoms with Gasteiger partial charge in [-0.25, -0.2) is 0 Å². The number of halogens is 1. The second-order valence-electron chi connectivity index (χ2n) is 0.898. The SMILES string of the molecule is CC(N)C#I. The molecule has 0 saturated carbocycles. The van der Waals surface area contributed by atoms with Gasteiger partial charge in [0.2, 0.25) is 0 Å². The molecular formula is C3H6IN. The van der Waals surface area contributed by atoms with E-state index >= 15 is 0 Å². The zero-order valence-corrected chi connectivity index (χ0v) is 5.19. The number of hydrogen-bond donors (Lipinski definition) is 1. The van der Waals surface area contributed by atoms with Crippen molar-refractivity contribution in [3.63, 3.8) is 0 Å². The van der Waals surface area contributed by atoms with Gasteiger partial charge in [-0.2, -0.15) is 0 Å². The summed E-state index contributed by atoms with van der Waals surface area (Å²) < 4.78 is 2.78. The van der Waals surface area contributed by atoms with Crippen LogP contribution in [0.5, 0.6) is 0 Å². The van der Waals surface area contributed by atoms with Gasteiger partial charge in [0.15, 0.2) is 0 Å². The summed E-state index contributed by atoms with van der Waals surface area (Å²) in [6.07, 6.45) is 0. The summed E-state index contributed by atoms with van der Waals surface area (Å²) in [5, 5.41) is 0. The fourth-order valence-electron chi connectivity index (χ4n) is 0. The summed E-state index contributed by atoms with van der Waals surface area (Å²) in [5.74, 6) is 0. The molecule has 0 radical (unpaired) electrons. The molecule has 2 N–H and O–H groups in total. The molecule has 0 heterocycles. The van der Waals surface area contributed by atoms with Crippen molar-refractivity contribution in [1.29, 1.82) is 0 Å². The first kappa shape index (κ1) is 5.47. The van der Waals surface area contributed by atoms with Gasteiger partial charge in [0.25, 0.3) is 0 Å². The average Bonchev–Trinajstić information content (AvgIpc) is 1.38. The predicted molar refractivity (Wildman–Crippen MR) is 31.6 cm³/mol. The molecule has 0 rings (SSSR count). The first-order valence-electron chi connectivity index (χ1n) is 1.39. The van der Waals surface area contributed by atoms with Crippen LogP contribution in [0.25, 0.3) is 0 Å². The first-order valence-corrected chi connectivity index (χ1v) is 2.47. The molecule has 0 aromatic rings. The van der Waals surface area contributed by atoms with Crippen LogP contribution in [0.15, 0.2) is 0 Å². The normalized spacial score (nSPS) is 13.2. The Morgan fingerprint density at radius 2 is 2.20 bits per heavy atom. The Labute approximate surface area is 44.8 Å². The van der Waals surface area contributed by atoms with Gasteiger partial charge in [-0.05, 0) is 0 Å². The van der Waals surface area contributed by atoms with E-state index in [0.717, 1.165) is 0 Å². The summed E-state index contributed by atoms with van der Waals surface area (Å²) in [4.78, 5) is 0. The molecule has 0 saturated heterocycles. The topological polar surface area (TPSA) is 26.0 Å². The molecule has 30 valence electrons. The van der Waals surface area contributed by atoms with Crippen LogP contribution in [-0.4, -0.2) is 6.04 Å². The van der Waals surface area contributed by atoms with E-state index in [-0.39, 0.29) is 6.04 Å². The van der Waals surface area contributed by atoms with Crippen LogP contribution in [0.1, 0.15) is 6.92 Å². The van der Waals surface area contributed by atoms with Crippen molar-refractivity contribution in [1.82, 2.24) is 0 Å². The molecule has 2 heteroatoms. The number of hydrogen-bond acceptors (Lipinski definition) is 1. The van der Waals surface area contributed by atoms with Crippen molar-refractivity contribution in [2.45, 2.75) is 13.0 Å². The molecule has 0 aromatic carbocycles. The molecule has 0 aliphatic rings. The van der Waals surface area contributed by atoms with E-state index in [9.17, 15) is 0 Å². The Hall–Kier alpha value is 0.470. The van der Waals surface area contributed by atoms with E-state index in [0.29, 0.717) is 0 Å². The summed E-state index contributed by atoms with van der Waals surface area (Å²) in [7, 11) is 0. The van der Waals surface area contributed by atoms with Crippen molar-refractivity contribution >= 4 is 21.9 Å². The van der Waals surface area contributed by atoms with Crippen LogP contribution in [0, 0.1) is 3.81 Å². The molecule has 0 aliphatic carbocycles. The molecule has 0 spiro atoms. The van der Waals surface area contributed by atoms with Crippen molar-refractivity contribution < 1.29 is 0 Å². The van der Waals surface area contributed by atoms with Gasteiger partial charge >= 0.3 is 44.4 Å². The molecular weight excluding hydrogens is 177 g/mol. The first-order chi connectivity index (χ1) is 2.27. The van der Waals surface area contributed by atoms with E-state index < -0.39 is 0 Å². The third-order valence-electron chi connectivity index (χ3n) is 0.172. The fraction of sp³-hybridized carbons (Fsp3) is 0.667. The predicted octanol–water partition coefficient (Wildman–Crippen LogP) is 0.728. The Bertz CT molecular complexity index is 52.4. The van der Waals surface area contributed by atoms with Crippen molar-refractivity contribution in [3.8, 4) is 3.81 Å². The van der Waals surface area contributed by atoms with Gasteiger partial charge in [-0.15, -0.1) is 0 Å². The third-order valence-corrected chi connectivity index (χ3v) is 1.15. The number of nitrogens with two attached hydrogens (primary N) is 1. The van der Waals surface area contributed by atoms with Crippen LogP contribution in [0.3, 0.4) is 0 Å². The van der Waals surface area contributed by atoms with Gasteiger partial charge in [0, 0.05) is 0 Å². The summed E-state index contributed by atoms with van der Waals surface area (Å²) in [6, 6.07) is 0.121. The molecule has 1 atom stereocenters. The minimum absolute atomic E-state index is 0.121. The fourth-order valence-corrected chi connectivity index (χ4v) is 0. The van der Waals surface area contributed by atoms with Crippen molar-refractivity contribution in [3.05, 3.63) is 0 Å². The Morgan fingerprint density at radius 1 is 2.00 bits per heavy atom. The second-order valence-corrected chi connectivity index (χ2v) is 1.52. The van der Waals surface area contributed by atoms with Gasteiger partial charge < -0.3 is 0 Å². The summed E-state index contributed by atoms with van der Waals surface area (Å²) in [6.45, 7) is 1.88. The molecule has 0 aromatic heterocycles. The minimum atomic E-state index is 0.121. The Kier molecular flexibility index (Phi) is 2.95. The van der Waals surface area contributed by atoms with Crippen LogP contribution < -0.4 is 5.73 Å². The maximum atomic E-state index is 5.17. The molecule has 1 unspecified atom stereocenters. The average molecular weight is 183 g/mol. The summed E-state index contributed by atoms with van der Waals surface area (Å²) >= 11 is 2.00. The van der Waals surface area contributed by atoms with Gasteiger partial charge in [-0.3, -0.25) is 0 Å². The van der Waals surface area contributed by atoms with Gasteiger partial charge in [0.1, 0.15) is 0 Å². The quantitative estimate of drug-likeness (QED) is 0.550. The van der Waals surface area contributed by atoms with E-state index in [2.05, 4.69) is 3.81 Å². The van der Waals surface area contributed by atoms with E-state index in [1.807, 2.05) is 28.8 Å². The zero-order valence-electron chi connectivity index (χ0n) is 3.03. The Morgan fingerprint density at radius 3 is 2.20 bits per heavy atom. The standard InChI is InChI=1S/C3H6IN/c1-3(5)2-4/h3H,5H2,1H3.